The molecular formula is C21H25ClN4O3. The summed E-state index contributed by atoms with van der Waals surface area (Å²) >= 11 is 6.58. The minimum atomic E-state index is -0.400. The molecule has 7 nitrogen and oxygen atoms in total. The number of halogens is 1. The molecule has 1 aliphatic carbocycles. The Balaban J connectivity index is 1.32. The maximum Gasteiger partial charge on any atom is 0.228 e. The Labute approximate surface area is 174 Å². The lowest BCUT2D eigenvalue weighted by Crippen LogP contribution is -2.53. The number of pyridine rings is 1. The molecule has 2 saturated heterocycles. The van der Waals surface area contributed by atoms with Gasteiger partial charge in [0.25, 0.3) is 0 Å². The van der Waals surface area contributed by atoms with Gasteiger partial charge in [-0.15, -0.1) is 0 Å². The highest BCUT2D eigenvalue weighted by Gasteiger charge is 2.34. The standard InChI is InChI=1S/C21H25ClN4O3/c22-16-7-15-10-23-20(24-21(28)13-1-2-13)9-14(15)8-17(16)25-3-5-26(6-4-25)18-11-29-12-19(18)27/h7-10,13,18-19,27H,1-6,11-12H2,(H,23,24,28). The Morgan fingerprint density at radius 3 is 2.62 bits per heavy atom. The van der Waals surface area contributed by atoms with Gasteiger partial charge in [-0.2, -0.15) is 0 Å². The van der Waals surface area contributed by atoms with Crippen molar-refractivity contribution in [3.8, 4) is 0 Å². The number of piperazine rings is 1. The van der Waals surface area contributed by atoms with Crippen LogP contribution in [0.4, 0.5) is 11.5 Å². The zero-order chi connectivity index (χ0) is 20.0. The summed E-state index contributed by atoms with van der Waals surface area (Å²) in [7, 11) is 0. The highest BCUT2D eigenvalue weighted by Crippen LogP contribution is 2.34. The fraction of sp³-hybridized carbons (Fsp3) is 0.524. The predicted octanol–water partition coefficient (Wildman–Crippen LogP) is 2.12. The minimum Gasteiger partial charge on any atom is -0.389 e. The Hall–Kier alpha value is -1.93. The number of rotatable bonds is 4. The van der Waals surface area contributed by atoms with E-state index >= 15 is 0 Å². The van der Waals surface area contributed by atoms with Crippen LogP contribution in [0.2, 0.25) is 5.02 Å². The summed E-state index contributed by atoms with van der Waals surface area (Å²) in [6, 6.07) is 6.02. The summed E-state index contributed by atoms with van der Waals surface area (Å²) in [5.74, 6) is 0.788. The maximum absolute atomic E-state index is 12.0. The number of ether oxygens (including phenoxy) is 1. The summed E-state index contributed by atoms with van der Waals surface area (Å²) in [6.45, 7) is 4.42. The number of nitrogens with zero attached hydrogens (tertiary/aromatic N) is 3. The number of aliphatic hydroxyl groups is 1. The molecule has 2 atom stereocenters. The van der Waals surface area contributed by atoms with Crippen molar-refractivity contribution in [1.82, 2.24) is 9.88 Å². The molecule has 1 saturated carbocycles. The number of anilines is 2. The first-order chi connectivity index (χ1) is 14.1. The molecule has 0 bridgehead atoms. The van der Waals surface area contributed by atoms with Gasteiger partial charge in [0.05, 0.1) is 36.1 Å². The Morgan fingerprint density at radius 1 is 1.14 bits per heavy atom. The summed E-state index contributed by atoms with van der Waals surface area (Å²) < 4.78 is 5.40. The number of hydrogen-bond donors (Lipinski definition) is 2. The van der Waals surface area contributed by atoms with Crippen molar-refractivity contribution in [3.63, 3.8) is 0 Å². The zero-order valence-corrected chi connectivity index (χ0v) is 16.9. The number of fused-ring (bicyclic) bond motifs is 1. The fourth-order valence-electron chi connectivity index (χ4n) is 4.21. The van der Waals surface area contributed by atoms with Crippen LogP contribution >= 0.6 is 11.6 Å². The van der Waals surface area contributed by atoms with Crippen LogP contribution in [-0.4, -0.2) is 72.4 Å². The second-order valence-corrected chi connectivity index (χ2v) is 8.59. The molecule has 2 N–H and O–H groups in total. The number of nitrogens with one attached hydrogen (secondary N) is 1. The first kappa shape index (κ1) is 19.1. The Bertz CT molecular complexity index is 928. The highest BCUT2D eigenvalue weighted by molar-refractivity contribution is 6.34. The van der Waals surface area contributed by atoms with E-state index in [-0.39, 0.29) is 17.9 Å². The lowest BCUT2D eigenvalue weighted by Gasteiger charge is -2.39. The summed E-state index contributed by atoms with van der Waals surface area (Å²) in [4.78, 5) is 21.0. The van der Waals surface area contributed by atoms with Crippen LogP contribution in [0, 0.1) is 5.92 Å². The number of carbonyl (C=O) groups excluding carboxylic acids is 1. The van der Waals surface area contributed by atoms with E-state index in [9.17, 15) is 9.90 Å². The summed E-state index contributed by atoms with van der Waals surface area (Å²) in [5.41, 5.74) is 0.993. The van der Waals surface area contributed by atoms with Gasteiger partial charge >= 0.3 is 0 Å². The van der Waals surface area contributed by atoms with Gasteiger partial charge in [-0.05, 0) is 36.4 Å². The molecule has 1 amide bonds. The van der Waals surface area contributed by atoms with E-state index in [0.29, 0.717) is 24.1 Å². The van der Waals surface area contributed by atoms with E-state index in [1.807, 2.05) is 12.1 Å². The molecule has 1 aromatic heterocycles. The van der Waals surface area contributed by atoms with Gasteiger partial charge in [0, 0.05) is 43.7 Å². The zero-order valence-electron chi connectivity index (χ0n) is 16.2. The van der Waals surface area contributed by atoms with E-state index in [2.05, 4.69) is 26.2 Å². The largest absolute Gasteiger partial charge is 0.389 e. The van der Waals surface area contributed by atoms with Crippen molar-refractivity contribution in [2.24, 2.45) is 5.92 Å². The third-order valence-corrected chi connectivity index (χ3v) is 6.43. The lowest BCUT2D eigenvalue weighted by molar-refractivity contribution is -0.117. The normalized spacial score (nSPS) is 25.5. The quantitative estimate of drug-likeness (QED) is 0.795. The molecule has 3 heterocycles. The second kappa shape index (κ2) is 7.72. The number of amides is 1. The van der Waals surface area contributed by atoms with Crippen molar-refractivity contribution >= 4 is 39.8 Å². The molecule has 2 aliphatic heterocycles. The topological polar surface area (TPSA) is 77.9 Å². The van der Waals surface area contributed by atoms with E-state index in [1.54, 1.807) is 6.20 Å². The van der Waals surface area contributed by atoms with E-state index in [1.165, 1.54) is 0 Å². The molecule has 154 valence electrons. The third kappa shape index (κ3) is 3.92. The minimum absolute atomic E-state index is 0.0558. The third-order valence-electron chi connectivity index (χ3n) is 6.13. The van der Waals surface area contributed by atoms with E-state index in [0.717, 1.165) is 55.5 Å². The van der Waals surface area contributed by atoms with Gasteiger partial charge < -0.3 is 20.1 Å². The molecule has 29 heavy (non-hydrogen) atoms. The molecule has 0 radical (unpaired) electrons. The van der Waals surface area contributed by atoms with Gasteiger partial charge in [-0.1, -0.05) is 11.6 Å². The van der Waals surface area contributed by atoms with Gasteiger partial charge in [-0.3, -0.25) is 9.69 Å². The number of carbonyl (C=O) groups is 1. The second-order valence-electron chi connectivity index (χ2n) is 8.18. The van der Waals surface area contributed by atoms with E-state index in [4.69, 9.17) is 16.3 Å². The van der Waals surface area contributed by atoms with Crippen molar-refractivity contribution in [3.05, 3.63) is 29.4 Å². The van der Waals surface area contributed by atoms with Gasteiger partial charge in [0.15, 0.2) is 0 Å². The molecule has 3 aliphatic rings. The molecule has 8 heteroatoms. The maximum atomic E-state index is 12.0. The SMILES string of the molecule is O=C(Nc1cc2cc(N3CCN(C4COCC4O)CC3)c(Cl)cc2cn1)C1CC1. The van der Waals surface area contributed by atoms with Crippen LogP contribution in [0.1, 0.15) is 12.8 Å². The molecule has 5 rings (SSSR count). The average molecular weight is 417 g/mol. The molecule has 1 aromatic carbocycles. The van der Waals surface area contributed by atoms with Gasteiger partial charge in [0.2, 0.25) is 5.91 Å². The van der Waals surface area contributed by atoms with Crippen LogP contribution in [0.25, 0.3) is 10.8 Å². The first-order valence-electron chi connectivity index (χ1n) is 10.2. The van der Waals surface area contributed by atoms with Crippen LogP contribution in [-0.2, 0) is 9.53 Å². The van der Waals surface area contributed by atoms with Gasteiger partial charge in [0.1, 0.15) is 5.82 Å². The lowest BCUT2D eigenvalue weighted by atomic mass is 10.1. The summed E-state index contributed by atoms with van der Waals surface area (Å²) in [6.07, 6.45) is 3.29. The number of hydrogen-bond acceptors (Lipinski definition) is 6. The molecular weight excluding hydrogens is 392 g/mol. The number of aliphatic hydroxyl groups excluding tert-OH is 1. The van der Waals surface area contributed by atoms with Crippen molar-refractivity contribution in [2.75, 3.05) is 49.6 Å². The van der Waals surface area contributed by atoms with Crippen LogP contribution in [0.15, 0.2) is 24.4 Å². The molecule has 2 unspecified atom stereocenters. The van der Waals surface area contributed by atoms with Crippen LogP contribution in [0.3, 0.4) is 0 Å². The molecule has 0 spiro atoms. The van der Waals surface area contributed by atoms with Crippen molar-refractivity contribution in [1.29, 1.82) is 0 Å². The average Bonchev–Trinajstić information content (AvgIpc) is 3.49. The fourth-order valence-corrected chi connectivity index (χ4v) is 4.50. The monoisotopic (exact) mass is 416 g/mol. The smallest absolute Gasteiger partial charge is 0.228 e. The predicted molar refractivity (Wildman–Crippen MR) is 113 cm³/mol. The highest BCUT2D eigenvalue weighted by atomic mass is 35.5. The van der Waals surface area contributed by atoms with Crippen LogP contribution in [0.5, 0.6) is 0 Å². The number of benzene rings is 1. The first-order valence-corrected chi connectivity index (χ1v) is 10.6. The van der Waals surface area contributed by atoms with Crippen molar-refractivity contribution in [2.45, 2.75) is 25.0 Å². The van der Waals surface area contributed by atoms with Gasteiger partial charge in [-0.25, -0.2) is 4.98 Å². The van der Waals surface area contributed by atoms with Crippen molar-refractivity contribution < 1.29 is 14.6 Å². The van der Waals surface area contributed by atoms with Crippen LogP contribution < -0.4 is 10.2 Å². The molecule has 3 fully saturated rings. The Kier molecular flexibility index (Phi) is 5.07. The molecule has 2 aromatic rings. The Morgan fingerprint density at radius 2 is 1.93 bits per heavy atom. The summed E-state index contributed by atoms with van der Waals surface area (Å²) in [5, 5.41) is 15.6. The number of aromatic nitrogens is 1. The van der Waals surface area contributed by atoms with E-state index < -0.39 is 6.10 Å².